The topological polar surface area (TPSA) is 122 Å². The molecule has 18 heavy (non-hydrogen) atoms. The van der Waals surface area contributed by atoms with Crippen LogP contribution in [-0.4, -0.2) is 47.6 Å². The van der Waals surface area contributed by atoms with Gasteiger partial charge < -0.3 is 21.5 Å². The zero-order valence-electron chi connectivity index (χ0n) is 10.3. The fourth-order valence-electron chi connectivity index (χ4n) is 1.18. The predicted molar refractivity (Wildman–Crippen MR) is 69.4 cm³/mol. The van der Waals surface area contributed by atoms with Crippen LogP contribution >= 0.6 is 11.8 Å². The van der Waals surface area contributed by atoms with Gasteiger partial charge in [-0.25, -0.2) is 9.59 Å². The van der Waals surface area contributed by atoms with Crippen LogP contribution in [0.25, 0.3) is 0 Å². The third kappa shape index (κ3) is 8.68. The van der Waals surface area contributed by atoms with Crippen molar-refractivity contribution >= 4 is 29.7 Å². The second-order valence-corrected chi connectivity index (χ2v) is 4.65. The molecule has 104 valence electrons. The number of aliphatic carboxylic acids is 1. The van der Waals surface area contributed by atoms with Crippen molar-refractivity contribution in [1.29, 1.82) is 0 Å². The molecule has 0 aromatic carbocycles. The largest absolute Gasteiger partial charge is 0.480 e. The van der Waals surface area contributed by atoms with E-state index in [9.17, 15) is 14.4 Å². The highest BCUT2D eigenvalue weighted by molar-refractivity contribution is 7.98. The summed E-state index contributed by atoms with van der Waals surface area (Å²) in [7, 11) is 0. The number of primary amides is 1. The molecule has 5 N–H and O–H groups in total. The molecular weight excluding hydrogens is 258 g/mol. The Labute approximate surface area is 110 Å². The van der Waals surface area contributed by atoms with Gasteiger partial charge in [-0.2, -0.15) is 11.8 Å². The van der Waals surface area contributed by atoms with Crippen molar-refractivity contribution in [3.63, 3.8) is 0 Å². The first-order valence-corrected chi connectivity index (χ1v) is 6.91. The molecule has 1 unspecified atom stereocenters. The molecule has 0 saturated heterocycles. The quantitative estimate of drug-likeness (QED) is 0.433. The van der Waals surface area contributed by atoms with Gasteiger partial charge in [0.2, 0.25) is 5.91 Å². The maximum atomic E-state index is 11.3. The molecule has 7 nitrogen and oxygen atoms in total. The average Bonchev–Trinajstić information content (AvgIpc) is 2.27. The molecule has 0 aromatic heterocycles. The first-order chi connectivity index (χ1) is 8.47. The molecule has 0 aromatic rings. The molecular formula is C10H19N3O4S. The van der Waals surface area contributed by atoms with Crippen molar-refractivity contribution in [1.82, 2.24) is 10.6 Å². The number of urea groups is 1. The number of hydrogen-bond donors (Lipinski definition) is 4. The molecule has 0 heterocycles. The summed E-state index contributed by atoms with van der Waals surface area (Å²) in [6, 6.07) is -1.89. The number of nitrogens with two attached hydrogens (primary N) is 1. The fourth-order valence-corrected chi connectivity index (χ4v) is 1.68. The van der Waals surface area contributed by atoms with Crippen LogP contribution in [0, 0.1) is 0 Å². The Morgan fingerprint density at radius 3 is 2.50 bits per heavy atom. The van der Waals surface area contributed by atoms with E-state index in [0.29, 0.717) is 6.54 Å². The normalized spacial score (nSPS) is 11.6. The molecule has 0 aliphatic carbocycles. The lowest BCUT2D eigenvalue weighted by molar-refractivity contribution is -0.140. The van der Waals surface area contributed by atoms with Crippen molar-refractivity contribution < 1.29 is 19.5 Å². The van der Waals surface area contributed by atoms with Gasteiger partial charge in [0.25, 0.3) is 0 Å². The van der Waals surface area contributed by atoms with Crippen LogP contribution in [0.2, 0.25) is 0 Å². The van der Waals surface area contributed by atoms with Crippen molar-refractivity contribution in [3.05, 3.63) is 0 Å². The van der Waals surface area contributed by atoms with Gasteiger partial charge in [0.15, 0.2) is 0 Å². The summed E-state index contributed by atoms with van der Waals surface area (Å²) >= 11 is 1.72. The molecule has 1 atom stereocenters. The van der Waals surface area contributed by atoms with Gasteiger partial charge in [0.1, 0.15) is 6.04 Å². The molecule has 3 amide bonds. The number of rotatable bonds is 9. The van der Waals surface area contributed by atoms with Crippen molar-refractivity contribution in [2.45, 2.75) is 25.3 Å². The minimum atomic E-state index is -1.29. The van der Waals surface area contributed by atoms with Gasteiger partial charge in [-0.15, -0.1) is 0 Å². The lowest BCUT2D eigenvalue weighted by Gasteiger charge is -2.13. The molecule has 0 aliphatic heterocycles. The monoisotopic (exact) mass is 277 g/mol. The summed E-state index contributed by atoms with van der Waals surface area (Å²) in [4.78, 5) is 32.7. The van der Waals surface area contributed by atoms with E-state index in [1.807, 2.05) is 6.26 Å². The van der Waals surface area contributed by atoms with Crippen LogP contribution in [0.15, 0.2) is 0 Å². The summed E-state index contributed by atoms with van der Waals surface area (Å²) in [6.07, 6.45) is 3.38. The minimum Gasteiger partial charge on any atom is -0.480 e. The Morgan fingerprint density at radius 1 is 1.33 bits per heavy atom. The van der Waals surface area contributed by atoms with E-state index in [4.69, 9.17) is 10.8 Å². The smallest absolute Gasteiger partial charge is 0.326 e. The maximum Gasteiger partial charge on any atom is 0.326 e. The molecule has 8 heteroatoms. The Kier molecular flexibility index (Phi) is 8.81. The summed E-state index contributed by atoms with van der Waals surface area (Å²) in [5, 5.41) is 13.5. The van der Waals surface area contributed by atoms with E-state index in [1.165, 1.54) is 0 Å². The highest BCUT2D eigenvalue weighted by Gasteiger charge is 2.21. The first kappa shape index (κ1) is 16.6. The van der Waals surface area contributed by atoms with Crippen LogP contribution in [0.4, 0.5) is 4.79 Å². The zero-order chi connectivity index (χ0) is 14.0. The van der Waals surface area contributed by atoms with Gasteiger partial charge >= 0.3 is 12.0 Å². The summed E-state index contributed by atoms with van der Waals surface area (Å²) in [6.45, 7) is 0.468. The predicted octanol–water partition coefficient (Wildman–Crippen LogP) is -0.243. The molecule has 0 aliphatic rings. The number of hydrogen-bond acceptors (Lipinski definition) is 4. The standard InChI is InChI=1S/C10H19N3O4S/c1-18-5-3-2-4-12-10(17)13-7(9(15)16)6-8(11)14/h7H,2-6H2,1H3,(H2,11,14)(H,15,16)(H2,12,13,17). The lowest BCUT2D eigenvalue weighted by Crippen LogP contribution is -2.47. The highest BCUT2D eigenvalue weighted by atomic mass is 32.2. The van der Waals surface area contributed by atoms with E-state index in [1.54, 1.807) is 11.8 Å². The number of nitrogens with one attached hydrogen (secondary N) is 2. The molecule has 0 bridgehead atoms. The van der Waals surface area contributed by atoms with Crippen LogP contribution in [0.5, 0.6) is 0 Å². The second kappa shape index (κ2) is 9.58. The molecule has 0 radical (unpaired) electrons. The Morgan fingerprint density at radius 2 is 2.00 bits per heavy atom. The van der Waals surface area contributed by atoms with Crippen molar-refractivity contribution in [3.8, 4) is 0 Å². The molecule has 0 rings (SSSR count). The molecule has 0 saturated carbocycles. The van der Waals surface area contributed by atoms with Gasteiger partial charge in [-0.1, -0.05) is 0 Å². The SMILES string of the molecule is CSCCCCNC(=O)NC(CC(N)=O)C(=O)O. The number of carbonyl (C=O) groups excluding carboxylic acids is 2. The Bertz CT molecular complexity index is 299. The van der Waals surface area contributed by atoms with Crippen LogP contribution in [0.3, 0.4) is 0 Å². The van der Waals surface area contributed by atoms with Gasteiger partial charge in [0.05, 0.1) is 6.42 Å². The maximum absolute atomic E-state index is 11.3. The minimum absolute atomic E-state index is 0.421. The number of amides is 3. The summed E-state index contributed by atoms with van der Waals surface area (Å²) < 4.78 is 0. The van der Waals surface area contributed by atoms with Gasteiger partial charge in [-0.05, 0) is 24.9 Å². The second-order valence-electron chi connectivity index (χ2n) is 3.66. The third-order valence-corrected chi connectivity index (χ3v) is 2.77. The zero-order valence-corrected chi connectivity index (χ0v) is 11.1. The van der Waals surface area contributed by atoms with Gasteiger partial charge in [0, 0.05) is 6.54 Å². The van der Waals surface area contributed by atoms with Crippen LogP contribution in [0.1, 0.15) is 19.3 Å². The summed E-state index contributed by atoms with van der Waals surface area (Å²) in [5.74, 6) is -1.04. The Hall–Kier alpha value is -1.44. The van der Waals surface area contributed by atoms with Crippen LogP contribution < -0.4 is 16.4 Å². The molecule has 0 fully saturated rings. The van der Waals surface area contributed by atoms with E-state index >= 15 is 0 Å². The third-order valence-electron chi connectivity index (χ3n) is 2.07. The van der Waals surface area contributed by atoms with Gasteiger partial charge in [-0.3, -0.25) is 4.79 Å². The number of carboxylic acid groups (broad SMARTS) is 1. The first-order valence-electron chi connectivity index (χ1n) is 5.51. The summed E-state index contributed by atoms with van der Waals surface area (Å²) in [5.41, 5.74) is 4.89. The lowest BCUT2D eigenvalue weighted by atomic mass is 10.2. The van der Waals surface area contributed by atoms with E-state index in [2.05, 4.69) is 10.6 Å². The molecule has 0 spiro atoms. The highest BCUT2D eigenvalue weighted by Crippen LogP contribution is 1.98. The fraction of sp³-hybridized carbons (Fsp3) is 0.700. The van der Waals surface area contributed by atoms with Crippen molar-refractivity contribution in [2.24, 2.45) is 5.73 Å². The average molecular weight is 277 g/mol. The number of thioether (sulfide) groups is 1. The number of unbranched alkanes of at least 4 members (excludes halogenated alkanes) is 1. The van der Waals surface area contributed by atoms with Crippen molar-refractivity contribution in [2.75, 3.05) is 18.6 Å². The van der Waals surface area contributed by atoms with E-state index in [0.717, 1.165) is 18.6 Å². The Balaban J connectivity index is 3.88. The number of carboxylic acids is 1. The van der Waals surface area contributed by atoms with E-state index in [-0.39, 0.29) is 0 Å². The van der Waals surface area contributed by atoms with E-state index < -0.39 is 30.4 Å². The number of carbonyl (C=O) groups is 3. The van der Waals surface area contributed by atoms with Crippen LogP contribution in [-0.2, 0) is 9.59 Å².